The molecule has 0 radical (unpaired) electrons. The second-order valence-electron chi connectivity index (χ2n) is 5.36. The van der Waals surface area contributed by atoms with E-state index in [1.165, 1.54) is 12.8 Å². The molecular formula is C16H24N2O2. The van der Waals surface area contributed by atoms with Gasteiger partial charge in [-0.2, -0.15) is 0 Å². The van der Waals surface area contributed by atoms with Crippen LogP contribution in [0, 0.1) is 5.92 Å². The van der Waals surface area contributed by atoms with Crippen molar-refractivity contribution in [1.29, 1.82) is 0 Å². The summed E-state index contributed by atoms with van der Waals surface area (Å²) in [6, 6.07) is 7.64. The normalized spacial score (nSPS) is 15.8. The molecule has 1 aromatic carbocycles. The maximum absolute atomic E-state index is 11.9. The average Bonchev–Trinajstić information content (AvgIpc) is 2.49. The van der Waals surface area contributed by atoms with Gasteiger partial charge in [-0.3, -0.25) is 4.79 Å². The van der Waals surface area contributed by atoms with Gasteiger partial charge in [-0.25, -0.2) is 0 Å². The van der Waals surface area contributed by atoms with Gasteiger partial charge in [0.15, 0.2) is 0 Å². The van der Waals surface area contributed by atoms with Crippen molar-refractivity contribution >= 4 is 5.91 Å². The zero-order valence-electron chi connectivity index (χ0n) is 12.2. The van der Waals surface area contributed by atoms with Crippen LogP contribution in [0.4, 0.5) is 0 Å². The highest BCUT2D eigenvalue weighted by Gasteiger charge is 2.12. The SMILES string of the molecule is COc1ccc(CC(=O)NCCC2CCNCC2)cc1. The number of hydrogen-bond acceptors (Lipinski definition) is 3. The minimum absolute atomic E-state index is 0.101. The summed E-state index contributed by atoms with van der Waals surface area (Å²) in [6.45, 7) is 3.02. The summed E-state index contributed by atoms with van der Waals surface area (Å²) in [5, 5.41) is 6.37. The lowest BCUT2D eigenvalue weighted by atomic mass is 9.95. The van der Waals surface area contributed by atoms with Crippen LogP contribution < -0.4 is 15.4 Å². The van der Waals surface area contributed by atoms with Crippen molar-refractivity contribution in [2.24, 2.45) is 5.92 Å². The molecule has 1 aliphatic rings. The fourth-order valence-electron chi connectivity index (χ4n) is 2.58. The lowest BCUT2D eigenvalue weighted by Gasteiger charge is -2.22. The van der Waals surface area contributed by atoms with Gasteiger partial charge in [-0.1, -0.05) is 12.1 Å². The molecular weight excluding hydrogens is 252 g/mol. The first-order valence-corrected chi connectivity index (χ1v) is 7.38. The molecule has 1 aromatic rings. The van der Waals surface area contributed by atoms with Crippen molar-refractivity contribution < 1.29 is 9.53 Å². The number of piperidine rings is 1. The number of methoxy groups -OCH3 is 1. The smallest absolute Gasteiger partial charge is 0.224 e. The standard InChI is InChI=1S/C16H24N2O2/c1-20-15-4-2-14(3-5-15)12-16(19)18-11-8-13-6-9-17-10-7-13/h2-5,13,17H,6-12H2,1H3,(H,18,19). The van der Waals surface area contributed by atoms with Gasteiger partial charge < -0.3 is 15.4 Å². The number of carbonyl (C=O) groups is 1. The zero-order chi connectivity index (χ0) is 14.2. The molecule has 0 unspecified atom stereocenters. The highest BCUT2D eigenvalue weighted by molar-refractivity contribution is 5.78. The van der Waals surface area contributed by atoms with Crippen LogP contribution in [0.3, 0.4) is 0 Å². The lowest BCUT2D eigenvalue weighted by Crippen LogP contribution is -2.31. The second kappa shape index (κ2) is 7.90. The van der Waals surface area contributed by atoms with Gasteiger partial charge in [-0.05, 0) is 56.0 Å². The molecule has 0 atom stereocenters. The van der Waals surface area contributed by atoms with E-state index in [0.717, 1.165) is 43.3 Å². The van der Waals surface area contributed by atoms with Gasteiger partial charge in [0.05, 0.1) is 13.5 Å². The molecule has 1 fully saturated rings. The number of amides is 1. The van der Waals surface area contributed by atoms with Crippen molar-refractivity contribution in [3.63, 3.8) is 0 Å². The van der Waals surface area contributed by atoms with Crippen molar-refractivity contribution in [2.75, 3.05) is 26.7 Å². The number of carbonyl (C=O) groups excluding carboxylic acids is 1. The van der Waals surface area contributed by atoms with Crippen LogP contribution in [0.15, 0.2) is 24.3 Å². The van der Waals surface area contributed by atoms with E-state index in [2.05, 4.69) is 10.6 Å². The minimum atomic E-state index is 0.101. The topological polar surface area (TPSA) is 50.4 Å². The summed E-state index contributed by atoms with van der Waals surface area (Å²) in [6.07, 6.45) is 3.99. The average molecular weight is 276 g/mol. The van der Waals surface area contributed by atoms with Crippen LogP contribution in [0.2, 0.25) is 0 Å². The van der Waals surface area contributed by atoms with E-state index in [1.807, 2.05) is 24.3 Å². The first-order valence-electron chi connectivity index (χ1n) is 7.38. The maximum atomic E-state index is 11.9. The van der Waals surface area contributed by atoms with Crippen LogP contribution >= 0.6 is 0 Å². The van der Waals surface area contributed by atoms with Crippen molar-refractivity contribution in [3.05, 3.63) is 29.8 Å². The number of rotatable bonds is 6. The van der Waals surface area contributed by atoms with E-state index in [0.29, 0.717) is 6.42 Å². The summed E-state index contributed by atoms with van der Waals surface area (Å²) in [5.41, 5.74) is 1.02. The Morgan fingerprint density at radius 1 is 1.30 bits per heavy atom. The summed E-state index contributed by atoms with van der Waals surface area (Å²) in [5.74, 6) is 1.68. The van der Waals surface area contributed by atoms with Crippen molar-refractivity contribution in [1.82, 2.24) is 10.6 Å². The summed E-state index contributed by atoms with van der Waals surface area (Å²) in [7, 11) is 1.64. The van der Waals surface area contributed by atoms with Crippen LogP contribution in [-0.4, -0.2) is 32.7 Å². The third-order valence-electron chi connectivity index (χ3n) is 3.86. The molecule has 2 rings (SSSR count). The van der Waals surface area contributed by atoms with Crippen LogP contribution in [0.25, 0.3) is 0 Å². The van der Waals surface area contributed by atoms with Gasteiger partial charge >= 0.3 is 0 Å². The quantitative estimate of drug-likeness (QED) is 0.832. The van der Waals surface area contributed by atoms with E-state index >= 15 is 0 Å². The van der Waals surface area contributed by atoms with Gasteiger partial charge in [0.2, 0.25) is 5.91 Å². The highest BCUT2D eigenvalue weighted by Crippen LogP contribution is 2.15. The molecule has 1 aliphatic heterocycles. The first kappa shape index (κ1) is 14.9. The molecule has 20 heavy (non-hydrogen) atoms. The molecule has 4 heteroatoms. The number of hydrogen-bond donors (Lipinski definition) is 2. The van der Waals surface area contributed by atoms with E-state index in [-0.39, 0.29) is 5.91 Å². The molecule has 0 saturated carbocycles. The fourth-order valence-corrected chi connectivity index (χ4v) is 2.58. The predicted molar refractivity (Wildman–Crippen MR) is 79.9 cm³/mol. The molecule has 4 nitrogen and oxygen atoms in total. The highest BCUT2D eigenvalue weighted by atomic mass is 16.5. The molecule has 1 amide bonds. The van der Waals surface area contributed by atoms with Gasteiger partial charge in [-0.15, -0.1) is 0 Å². The molecule has 0 bridgehead atoms. The molecule has 0 aromatic heterocycles. The number of ether oxygens (including phenoxy) is 1. The minimum Gasteiger partial charge on any atom is -0.497 e. The van der Waals surface area contributed by atoms with E-state index in [1.54, 1.807) is 7.11 Å². The third-order valence-corrected chi connectivity index (χ3v) is 3.86. The Balaban J connectivity index is 1.66. The maximum Gasteiger partial charge on any atom is 0.224 e. The van der Waals surface area contributed by atoms with E-state index in [9.17, 15) is 4.79 Å². The fraction of sp³-hybridized carbons (Fsp3) is 0.562. The van der Waals surface area contributed by atoms with E-state index in [4.69, 9.17) is 4.74 Å². The Hall–Kier alpha value is -1.55. The van der Waals surface area contributed by atoms with Gasteiger partial charge in [0.1, 0.15) is 5.75 Å². The Morgan fingerprint density at radius 2 is 2.00 bits per heavy atom. The number of benzene rings is 1. The predicted octanol–water partition coefficient (Wildman–Crippen LogP) is 1.74. The molecule has 0 aliphatic carbocycles. The Bertz CT molecular complexity index is 411. The molecule has 1 saturated heterocycles. The van der Waals surface area contributed by atoms with Gasteiger partial charge in [0.25, 0.3) is 0 Å². The third kappa shape index (κ3) is 4.85. The van der Waals surface area contributed by atoms with Crippen molar-refractivity contribution in [3.8, 4) is 5.75 Å². The molecule has 0 spiro atoms. The van der Waals surface area contributed by atoms with Crippen LogP contribution in [0.5, 0.6) is 5.75 Å². The van der Waals surface area contributed by atoms with Crippen molar-refractivity contribution in [2.45, 2.75) is 25.7 Å². The van der Waals surface area contributed by atoms with Crippen LogP contribution in [-0.2, 0) is 11.2 Å². The Morgan fingerprint density at radius 3 is 2.65 bits per heavy atom. The monoisotopic (exact) mass is 276 g/mol. The summed E-state index contributed by atoms with van der Waals surface area (Å²) in [4.78, 5) is 11.9. The Labute approximate surface area is 120 Å². The second-order valence-corrected chi connectivity index (χ2v) is 5.36. The molecule has 2 N–H and O–H groups in total. The van der Waals surface area contributed by atoms with Gasteiger partial charge in [0, 0.05) is 6.54 Å². The van der Waals surface area contributed by atoms with Crippen LogP contribution in [0.1, 0.15) is 24.8 Å². The molecule has 1 heterocycles. The summed E-state index contributed by atoms with van der Waals surface area (Å²) >= 11 is 0. The molecule has 110 valence electrons. The summed E-state index contributed by atoms with van der Waals surface area (Å²) < 4.78 is 5.10. The zero-order valence-corrected chi connectivity index (χ0v) is 12.2. The first-order chi connectivity index (χ1) is 9.78. The Kier molecular flexibility index (Phi) is 5.87. The largest absolute Gasteiger partial charge is 0.497 e. The van der Waals surface area contributed by atoms with E-state index < -0.39 is 0 Å². The number of nitrogens with one attached hydrogen (secondary N) is 2. The lowest BCUT2D eigenvalue weighted by molar-refractivity contribution is -0.120.